The van der Waals surface area contributed by atoms with Crippen LogP contribution in [0.2, 0.25) is 0 Å². The van der Waals surface area contributed by atoms with Gasteiger partial charge in [-0.15, -0.1) is 5.48 Å². The fourth-order valence-electron chi connectivity index (χ4n) is 1.05. The summed E-state index contributed by atoms with van der Waals surface area (Å²) < 4.78 is 4.63. The molecule has 0 heterocycles. The number of esters is 1. The van der Waals surface area contributed by atoms with Gasteiger partial charge in [-0.3, -0.25) is 4.79 Å². The second kappa shape index (κ2) is 7.27. The Labute approximate surface area is 103 Å². The van der Waals surface area contributed by atoms with Crippen LogP contribution in [0.15, 0.2) is 0 Å². The molecular weight excluding hydrogens is 222 g/mol. The third kappa shape index (κ3) is 6.26. The summed E-state index contributed by atoms with van der Waals surface area (Å²) in [4.78, 5) is 27.8. The van der Waals surface area contributed by atoms with Crippen molar-refractivity contribution < 1.29 is 19.2 Å². The number of rotatable bonds is 6. The van der Waals surface area contributed by atoms with Crippen LogP contribution in [-0.4, -0.2) is 25.1 Å². The van der Waals surface area contributed by atoms with Gasteiger partial charge in [-0.25, -0.2) is 4.79 Å². The van der Waals surface area contributed by atoms with Crippen molar-refractivity contribution in [2.24, 2.45) is 5.41 Å². The van der Waals surface area contributed by atoms with Crippen molar-refractivity contribution in [2.45, 2.75) is 53.0 Å². The Morgan fingerprint density at radius 1 is 1.29 bits per heavy atom. The summed E-state index contributed by atoms with van der Waals surface area (Å²) >= 11 is 0. The van der Waals surface area contributed by atoms with Crippen LogP contribution in [0.4, 0.5) is 0 Å². The van der Waals surface area contributed by atoms with E-state index in [0.717, 1.165) is 12.8 Å². The molecule has 100 valence electrons. The molecule has 0 radical (unpaired) electrons. The normalized spacial score (nSPS) is 13.0. The summed E-state index contributed by atoms with van der Waals surface area (Å²) in [7, 11) is 1.31. The van der Waals surface area contributed by atoms with Crippen molar-refractivity contribution in [3.05, 3.63) is 0 Å². The summed E-state index contributed by atoms with van der Waals surface area (Å²) in [5, 5.41) is 0. The number of hydroxylamine groups is 1. The van der Waals surface area contributed by atoms with Crippen LogP contribution in [0.5, 0.6) is 0 Å². The van der Waals surface area contributed by atoms with Gasteiger partial charge in [0.05, 0.1) is 12.5 Å². The quantitative estimate of drug-likeness (QED) is 0.571. The van der Waals surface area contributed by atoms with Crippen molar-refractivity contribution in [2.75, 3.05) is 7.11 Å². The second-order valence-electron chi connectivity index (χ2n) is 4.98. The lowest BCUT2D eigenvalue weighted by atomic mass is 9.98. The standard InChI is InChI=1S/C12H23NO4/c1-6-7-8-9(10(14)16-5)13-17-11(15)12(2,3)4/h9,13H,6-8H2,1-5H3. The highest BCUT2D eigenvalue weighted by molar-refractivity contribution is 5.77. The predicted octanol–water partition coefficient (Wildman–Crippen LogP) is 1.81. The van der Waals surface area contributed by atoms with Gasteiger partial charge in [0.2, 0.25) is 0 Å². The van der Waals surface area contributed by atoms with E-state index in [1.807, 2.05) is 6.92 Å². The Bertz CT molecular complexity index is 258. The van der Waals surface area contributed by atoms with Crippen molar-refractivity contribution >= 4 is 11.9 Å². The molecule has 0 aliphatic carbocycles. The van der Waals surface area contributed by atoms with Crippen LogP contribution in [0.3, 0.4) is 0 Å². The molecule has 0 saturated carbocycles. The largest absolute Gasteiger partial charge is 0.468 e. The maximum absolute atomic E-state index is 11.5. The number of carbonyl (C=O) groups is 2. The topological polar surface area (TPSA) is 64.6 Å². The first-order chi connectivity index (χ1) is 7.82. The van der Waals surface area contributed by atoms with Gasteiger partial charge >= 0.3 is 11.9 Å². The minimum absolute atomic E-state index is 0.400. The second-order valence-corrected chi connectivity index (χ2v) is 4.98. The monoisotopic (exact) mass is 245 g/mol. The van der Waals surface area contributed by atoms with Crippen LogP contribution in [-0.2, 0) is 19.2 Å². The average molecular weight is 245 g/mol. The number of hydrogen-bond acceptors (Lipinski definition) is 5. The number of unbranched alkanes of at least 4 members (excludes halogenated alkanes) is 1. The van der Waals surface area contributed by atoms with Crippen molar-refractivity contribution in [3.8, 4) is 0 Å². The first-order valence-corrected chi connectivity index (χ1v) is 5.87. The first kappa shape index (κ1) is 15.9. The van der Waals surface area contributed by atoms with E-state index in [4.69, 9.17) is 4.84 Å². The molecule has 0 rings (SSSR count). The van der Waals surface area contributed by atoms with Crippen LogP contribution < -0.4 is 5.48 Å². The highest BCUT2D eigenvalue weighted by Crippen LogP contribution is 2.14. The van der Waals surface area contributed by atoms with Gasteiger partial charge in [0.1, 0.15) is 6.04 Å². The molecule has 0 saturated heterocycles. The van der Waals surface area contributed by atoms with Crippen molar-refractivity contribution in [3.63, 3.8) is 0 Å². The maximum Gasteiger partial charge on any atom is 0.330 e. The molecule has 5 nitrogen and oxygen atoms in total. The Morgan fingerprint density at radius 2 is 1.88 bits per heavy atom. The molecule has 0 fully saturated rings. The molecule has 0 aliphatic rings. The van der Waals surface area contributed by atoms with Crippen molar-refractivity contribution in [1.29, 1.82) is 0 Å². The molecular formula is C12H23NO4. The highest BCUT2D eigenvalue weighted by atomic mass is 16.7. The zero-order valence-electron chi connectivity index (χ0n) is 11.3. The van der Waals surface area contributed by atoms with Gasteiger partial charge in [-0.2, -0.15) is 0 Å². The van der Waals surface area contributed by atoms with E-state index >= 15 is 0 Å². The Balaban J connectivity index is 4.25. The average Bonchev–Trinajstić information content (AvgIpc) is 2.26. The summed E-state index contributed by atoms with van der Waals surface area (Å²) in [5.74, 6) is -0.817. The van der Waals surface area contributed by atoms with E-state index in [2.05, 4.69) is 10.2 Å². The number of hydrogen-bond donors (Lipinski definition) is 1. The zero-order valence-corrected chi connectivity index (χ0v) is 11.3. The first-order valence-electron chi connectivity index (χ1n) is 5.87. The number of methoxy groups -OCH3 is 1. The lowest BCUT2D eigenvalue weighted by Crippen LogP contribution is -2.41. The molecule has 1 N–H and O–H groups in total. The maximum atomic E-state index is 11.5. The van der Waals surface area contributed by atoms with E-state index in [1.165, 1.54) is 7.11 Å². The van der Waals surface area contributed by atoms with Gasteiger partial charge in [-0.05, 0) is 27.2 Å². The van der Waals surface area contributed by atoms with E-state index in [9.17, 15) is 9.59 Å². The van der Waals surface area contributed by atoms with Gasteiger partial charge in [0.15, 0.2) is 0 Å². The number of ether oxygens (including phenoxy) is 1. The highest BCUT2D eigenvalue weighted by Gasteiger charge is 2.26. The summed E-state index contributed by atoms with van der Waals surface area (Å²) in [6, 6.07) is -0.591. The zero-order chi connectivity index (χ0) is 13.5. The van der Waals surface area contributed by atoms with E-state index in [0.29, 0.717) is 6.42 Å². The van der Waals surface area contributed by atoms with Gasteiger partial charge in [-0.1, -0.05) is 19.8 Å². The summed E-state index contributed by atoms with van der Waals surface area (Å²) in [6.07, 6.45) is 2.41. The molecule has 0 spiro atoms. The van der Waals surface area contributed by atoms with E-state index in [1.54, 1.807) is 20.8 Å². The molecule has 0 bridgehead atoms. The Morgan fingerprint density at radius 3 is 2.29 bits per heavy atom. The van der Waals surface area contributed by atoms with Gasteiger partial charge in [0.25, 0.3) is 0 Å². The summed E-state index contributed by atoms with van der Waals surface area (Å²) in [6.45, 7) is 7.26. The molecule has 0 amide bonds. The van der Waals surface area contributed by atoms with Crippen LogP contribution in [0.1, 0.15) is 47.0 Å². The van der Waals surface area contributed by atoms with E-state index < -0.39 is 23.4 Å². The molecule has 1 atom stereocenters. The fourth-order valence-corrected chi connectivity index (χ4v) is 1.05. The molecule has 5 heteroatoms. The minimum atomic E-state index is -0.599. The number of nitrogens with one attached hydrogen (secondary N) is 1. The van der Waals surface area contributed by atoms with Crippen LogP contribution in [0.25, 0.3) is 0 Å². The lowest BCUT2D eigenvalue weighted by molar-refractivity contribution is -0.166. The predicted molar refractivity (Wildman–Crippen MR) is 64.0 cm³/mol. The Kier molecular flexibility index (Phi) is 6.80. The van der Waals surface area contributed by atoms with Crippen LogP contribution >= 0.6 is 0 Å². The lowest BCUT2D eigenvalue weighted by Gasteiger charge is -2.20. The van der Waals surface area contributed by atoms with Crippen molar-refractivity contribution in [1.82, 2.24) is 5.48 Å². The third-order valence-corrected chi connectivity index (χ3v) is 2.24. The smallest absolute Gasteiger partial charge is 0.330 e. The Hall–Kier alpha value is -1.10. The van der Waals surface area contributed by atoms with Gasteiger partial charge < -0.3 is 9.57 Å². The molecule has 0 aromatic carbocycles. The number of carbonyl (C=O) groups excluding carboxylic acids is 2. The fraction of sp³-hybridized carbons (Fsp3) is 0.833. The van der Waals surface area contributed by atoms with Gasteiger partial charge in [0, 0.05) is 0 Å². The molecule has 0 aromatic heterocycles. The molecule has 1 unspecified atom stereocenters. The minimum Gasteiger partial charge on any atom is -0.468 e. The SMILES string of the molecule is CCCCC(NOC(=O)C(C)(C)C)C(=O)OC. The summed E-state index contributed by atoms with van der Waals surface area (Å²) in [5.41, 5.74) is 1.89. The molecule has 0 aliphatic heterocycles. The molecule has 17 heavy (non-hydrogen) atoms. The molecule has 0 aromatic rings. The third-order valence-electron chi connectivity index (χ3n) is 2.24. The van der Waals surface area contributed by atoms with Crippen LogP contribution in [0, 0.1) is 5.41 Å². The van der Waals surface area contributed by atoms with E-state index in [-0.39, 0.29) is 0 Å².